The van der Waals surface area contributed by atoms with Crippen LogP contribution in [0.25, 0.3) is 0 Å². The van der Waals surface area contributed by atoms with Gasteiger partial charge in [-0.2, -0.15) is 0 Å². The molecule has 0 saturated carbocycles. The molecule has 0 radical (unpaired) electrons. The van der Waals surface area contributed by atoms with Crippen LogP contribution in [0.3, 0.4) is 0 Å². The van der Waals surface area contributed by atoms with Crippen LogP contribution < -0.4 is 10.2 Å². The smallest absolute Gasteiger partial charge is 0.146 e. The molecule has 0 aliphatic carbocycles. The molecule has 1 atom stereocenters. The van der Waals surface area contributed by atoms with E-state index in [0.29, 0.717) is 5.41 Å². The van der Waals surface area contributed by atoms with Crippen LogP contribution in [0.15, 0.2) is 17.0 Å². The summed E-state index contributed by atoms with van der Waals surface area (Å²) in [6, 6.07) is 0. The Bertz CT molecular complexity index is 389. The zero-order valence-electron chi connectivity index (χ0n) is 9.12. The van der Waals surface area contributed by atoms with Gasteiger partial charge >= 0.3 is 0 Å². The summed E-state index contributed by atoms with van der Waals surface area (Å²) in [6.45, 7) is 4.55. The number of hydrogen-bond donors (Lipinski definition) is 1. The number of anilines is 1. The summed E-state index contributed by atoms with van der Waals surface area (Å²) in [5.74, 6) is 1.04. The van der Waals surface area contributed by atoms with Crippen LogP contribution in [0.1, 0.15) is 12.8 Å². The standard InChI is InChI=1S/C11H15BrN4/c12-9-5-14-8-15-10(9)16-4-2-11(7-16)1-3-13-6-11/h5,8,13H,1-4,6-7H2. The topological polar surface area (TPSA) is 41.1 Å². The minimum atomic E-state index is 0.490. The summed E-state index contributed by atoms with van der Waals surface area (Å²) in [6.07, 6.45) is 6.01. The van der Waals surface area contributed by atoms with Gasteiger partial charge in [-0.25, -0.2) is 9.97 Å². The van der Waals surface area contributed by atoms with Gasteiger partial charge in [0.05, 0.1) is 4.47 Å². The third-order valence-corrected chi connectivity index (χ3v) is 4.28. The molecule has 0 amide bonds. The number of nitrogens with one attached hydrogen (secondary N) is 1. The van der Waals surface area contributed by atoms with E-state index >= 15 is 0 Å². The first-order chi connectivity index (χ1) is 7.79. The summed E-state index contributed by atoms with van der Waals surface area (Å²) < 4.78 is 0.998. The Morgan fingerprint density at radius 3 is 3.12 bits per heavy atom. The predicted molar refractivity (Wildman–Crippen MR) is 66.5 cm³/mol. The third-order valence-electron chi connectivity index (χ3n) is 3.72. The number of aromatic nitrogens is 2. The van der Waals surface area contributed by atoms with Crippen LogP contribution in [0.2, 0.25) is 0 Å². The number of hydrogen-bond acceptors (Lipinski definition) is 4. The van der Waals surface area contributed by atoms with Crippen molar-refractivity contribution in [2.45, 2.75) is 12.8 Å². The van der Waals surface area contributed by atoms with E-state index in [2.05, 4.69) is 36.1 Å². The van der Waals surface area contributed by atoms with Crippen LogP contribution in [0, 0.1) is 5.41 Å². The van der Waals surface area contributed by atoms with Gasteiger partial charge in [-0.1, -0.05) is 0 Å². The summed E-state index contributed by atoms with van der Waals surface area (Å²) in [4.78, 5) is 10.7. The van der Waals surface area contributed by atoms with Crippen LogP contribution in [-0.2, 0) is 0 Å². The molecule has 3 heterocycles. The van der Waals surface area contributed by atoms with Gasteiger partial charge < -0.3 is 10.2 Å². The monoisotopic (exact) mass is 282 g/mol. The Kier molecular flexibility index (Phi) is 2.59. The third kappa shape index (κ3) is 1.72. The average molecular weight is 283 g/mol. The van der Waals surface area contributed by atoms with Crippen molar-refractivity contribution in [3.05, 3.63) is 17.0 Å². The molecule has 16 heavy (non-hydrogen) atoms. The zero-order valence-corrected chi connectivity index (χ0v) is 10.7. The molecule has 4 nitrogen and oxygen atoms in total. The Balaban J connectivity index is 1.81. The average Bonchev–Trinajstić information content (AvgIpc) is 2.91. The molecule has 1 aromatic rings. The molecule has 0 aromatic carbocycles. The number of nitrogens with zero attached hydrogens (tertiary/aromatic N) is 3. The van der Waals surface area contributed by atoms with Gasteiger partial charge in [0.15, 0.2) is 0 Å². The van der Waals surface area contributed by atoms with Crippen LogP contribution >= 0.6 is 15.9 Å². The Morgan fingerprint density at radius 2 is 2.38 bits per heavy atom. The molecule has 1 aromatic heterocycles. The molecule has 1 spiro atoms. The lowest BCUT2D eigenvalue weighted by atomic mass is 9.87. The van der Waals surface area contributed by atoms with E-state index in [1.54, 1.807) is 6.33 Å². The maximum atomic E-state index is 4.36. The van der Waals surface area contributed by atoms with Crippen LogP contribution in [-0.4, -0.2) is 36.1 Å². The Labute approximate surface area is 104 Å². The van der Waals surface area contributed by atoms with E-state index in [0.717, 1.165) is 29.9 Å². The lowest BCUT2D eigenvalue weighted by Crippen LogP contribution is -2.29. The second kappa shape index (κ2) is 3.96. The van der Waals surface area contributed by atoms with Crippen molar-refractivity contribution in [3.8, 4) is 0 Å². The number of halogens is 1. The largest absolute Gasteiger partial charge is 0.355 e. The molecule has 2 fully saturated rings. The summed E-state index contributed by atoms with van der Waals surface area (Å²) >= 11 is 3.52. The van der Waals surface area contributed by atoms with E-state index < -0.39 is 0 Å². The van der Waals surface area contributed by atoms with E-state index in [1.807, 2.05) is 6.20 Å². The molecular weight excluding hydrogens is 268 g/mol. The number of rotatable bonds is 1. The summed E-state index contributed by atoms with van der Waals surface area (Å²) in [7, 11) is 0. The SMILES string of the molecule is Brc1cncnc1N1CCC2(CCNC2)C1. The molecule has 2 aliphatic heterocycles. The molecule has 5 heteroatoms. The van der Waals surface area contributed by atoms with Crippen LogP contribution in [0.5, 0.6) is 0 Å². The normalized spacial score (nSPS) is 29.2. The van der Waals surface area contributed by atoms with Crippen LogP contribution in [0.4, 0.5) is 5.82 Å². The maximum Gasteiger partial charge on any atom is 0.146 e. The van der Waals surface area contributed by atoms with Crippen molar-refractivity contribution in [2.24, 2.45) is 5.41 Å². The maximum absolute atomic E-state index is 4.36. The quantitative estimate of drug-likeness (QED) is 0.846. The van der Waals surface area contributed by atoms with Crippen molar-refractivity contribution in [3.63, 3.8) is 0 Å². The molecule has 0 bridgehead atoms. The van der Waals surface area contributed by atoms with E-state index in [1.165, 1.54) is 19.4 Å². The zero-order chi connectivity index (χ0) is 11.0. The van der Waals surface area contributed by atoms with Crippen molar-refractivity contribution >= 4 is 21.7 Å². The van der Waals surface area contributed by atoms with Crippen molar-refractivity contribution in [1.82, 2.24) is 15.3 Å². The van der Waals surface area contributed by atoms with Gasteiger partial charge in [-0.05, 0) is 35.3 Å². The molecule has 86 valence electrons. The van der Waals surface area contributed by atoms with E-state index in [-0.39, 0.29) is 0 Å². The first-order valence-corrected chi connectivity index (χ1v) is 6.50. The minimum Gasteiger partial charge on any atom is -0.355 e. The summed E-state index contributed by atoms with van der Waals surface area (Å²) in [5.41, 5.74) is 0.490. The highest BCUT2D eigenvalue weighted by Crippen LogP contribution is 2.38. The highest BCUT2D eigenvalue weighted by Gasteiger charge is 2.41. The fraction of sp³-hybridized carbons (Fsp3) is 0.636. The predicted octanol–water partition coefficient (Wildman–Crippen LogP) is 1.43. The van der Waals surface area contributed by atoms with Gasteiger partial charge in [-0.15, -0.1) is 0 Å². The van der Waals surface area contributed by atoms with Crippen molar-refractivity contribution in [2.75, 3.05) is 31.1 Å². The van der Waals surface area contributed by atoms with Gasteiger partial charge in [0.25, 0.3) is 0 Å². The lowest BCUT2D eigenvalue weighted by Gasteiger charge is -2.23. The lowest BCUT2D eigenvalue weighted by molar-refractivity contribution is 0.369. The van der Waals surface area contributed by atoms with Gasteiger partial charge in [0.1, 0.15) is 12.1 Å². The van der Waals surface area contributed by atoms with Crippen molar-refractivity contribution in [1.29, 1.82) is 0 Å². The minimum absolute atomic E-state index is 0.490. The molecule has 1 unspecified atom stereocenters. The Morgan fingerprint density at radius 1 is 1.44 bits per heavy atom. The van der Waals surface area contributed by atoms with Gasteiger partial charge in [-0.3, -0.25) is 0 Å². The second-order valence-electron chi connectivity index (χ2n) is 4.79. The fourth-order valence-corrected chi connectivity index (χ4v) is 3.27. The van der Waals surface area contributed by atoms with E-state index in [4.69, 9.17) is 0 Å². The molecule has 3 rings (SSSR count). The molecular formula is C11H15BrN4. The molecule has 2 saturated heterocycles. The second-order valence-corrected chi connectivity index (χ2v) is 5.65. The molecule has 1 N–H and O–H groups in total. The highest BCUT2D eigenvalue weighted by atomic mass is 79.9. The molecule has 2 aliphatic rings. The van der Waals surface area contributed by atoms with Gasteiger partial charge in [0, 0.05) is 31.2 Å². The fourth-order valence-electron chi connectivity index (χ4n) is 2.80. The van der Waals surface area contributed by atoms with Gasteiger partial charge in [0.2, 0.25) is 0 Å². The Hall–Kier alpha value is -0.680. The first kappa shape index (κ1) is 10.5. The van der Waals surface area contributed by atoms with Crippen molar-refractivity contribution < 1.29 is 0 Å². The highest BCUT2D eigenvalue weighted by molar-refractivity contribution is 9.10. The first-order valence-electron chi connectivity index (χ1n) is 5.70. The summed E-state index contributed by atoms with van der Waals surface area (Å²) in [5, 5.41) is 3.47. The van der Waals surface area contributed by atoms with E-state index in [9.17, 15) is 0 Å².